The first kappa shape index (κ1) is 11.7. The molecule has 1 aliphatic rings. The summed E-state index contributed by atoms with van der Waals surface area (Å²) >= 11 is 0. The first-order valence-corrected chi connectivity index (χ1v) is 6.08. The highest BCUT2D eigenvalue weighted by Crippen LogP contribution is 2.22. The lowest BCUT2D eigenvalue weighted by atomic mass is 9.97. The third-order valence-electron chi connectivity index (χ3n) is 3.01. The third kappa shape index (κ3) is 3.34. The SMILES string of the molecule is Nc1ccccc1NC(=O)CC1=CCCCC1. The highest BCUT2D eigenvalue weighted by Gasteiger charge is 2.10. The van der Waals surface area contributed by atoms with E-state index in [9.17, 15) is 4.79 Å². The van der Waals surface area contributed by atoms with Crippen LogP contribution in [0.15, 0.2) is 35.9 Å². The Bertz CT molecular complexity index is 438. The second kappa shape index (κ2) is 5.53. The lowest BCUT2D eigenvalue weighted by Gasteiger charge is -2.13. The van der Waals surface area contributed by atoms with Gasteiger partial charge in [-0.25, -0.2) is 0 Å². The normalized spacial score (nSPS) is 15.2. The maximum absolute atomic E-state index is 11.8. The summed E-state index contributed by atoms with van der Waals surface area (Å²) in [4.78, 5) is 11.8. The summed E-state index contributed by atoms with van der Waals surface area (Å²) in [5, 5.41) is 2.85. The second-order valence-corrected chi connectivity index (χ2v) is 4.42. The van der Waals surface area contributed by atoms with E-state index in [0.29, 0.717) is 17.8 Å². The highest BCUT2D eigenvalue weighted by atomic mass is 16.1. The fourth-order valence-corrected chi connectivity index (χ4v) is 2.08. The van der Waals surface area contributed by atoms with Crippen LogP contribution in [0, 0.1) is 0 Å². The molecular weight excluding hydrogens is 212 g/mol. The topological polar surface area (TPSA) is 55.1 Å². The maximum atomic E-state index is 11.8. The Morgan fingerprint density at radius 2 is 2.12 bits per heavy atom. The molecule has 2 rings (SSSR count). The van der Waals surface area contributed by atoms with E-state index in [1.54, 1.807) is 6.07 Å². The van der Waals surface area contributed by atoms with Gasteiger partial charge in [-0.1, -0.05) is 23.8 Å². The summed E-state index contributed by atoms with van der Waals surface area (Å²) in [7, 11) is 0. The minimum Gasteiger partial charge on any atom is -0.397 e. The molecule has 0 spiro atoms. The zero-order valence-corrected chi connectivity index (χ0v) is 9.91. The van der Waals surface area contributed by atoms with Crippen molar-refractivity contribution in [3.63, 3.8) is 0 Å². The van der Waals surface area contributed by atoms with Crippen LogP contribution in [0.1, 0.15) is 32.1 Å². The highest BCUT2D eigenvalue weighted by molar-refractivity contribution is 5.95. The van der Waals surface area contributed by atoms with E-state index >= 15 is 0 Å². The van der Waals surface area contributed by atoms with Crippen LogP contribution in [-0.2, 0) is 4.79 Å². The lowest BCUT2D eigenvalue weighted by Crippen LogP contribution is -2.14. The van der Waals surface area contributed by atoms with Gasteiger partial charge in [-0.05, 0) is 37.8 Å². The summed E-state index contributed by atoms with van der Waals surface area (Å²) in [6.45, 7) is 0. The lowest BCUT2D eigenvalue weighted by molar-refractivity contribution is -0.115. The molecule has 0 fully saturated rings. The van der Waals surface area contributed by atoms with Crippen molar-refractivity contribution in [3.05, 3.63) is 35.9 Å². The number of anilines is 2. The quantitative estimate of drug-likeness (QED) is 0.619. The van der Waals surface area contributed by atoms with Crippen molar-refractivity contribution in [1.82, 2.24) is 0 Å². The van der Waals surface area contributed by atoms with Crippen LogP contribution < -0.4 is 11.1 Å². The first-order valence-electron chi connectivity index (χ1n) is 6.08. The fourth-order valence-electron chi connectivity index (χ4n) is 2.08. The van der Waals surface area contributed by atoms with E-state index in [0.717, 1.165) is 12.8 Å². The van der Waals surface area contributed by atoms with Crippen LogP contribution >= 0.6 is 0 Å². The number of amides is 1. The van der Waals surface area contributed by atoms with Crippen molar-refractivity contribution in [3.8, 4) is 0 Å². The van der Waals surface area contributed by atoms with Crippen molar-refractivity contribution in [1.29, 1.82) is 0 Å². The Labute approximate surface area is 102 Å². The first-order chi connectivity index (χ1) is 8.25. The largest absolute Gasteiger partial charge is 0.397 e. The van der Waals surface area contributed by atoms with Gasteiger partial charge in [-0.3, -0.25) is 4.79 Å². The van der Waals surface area contributed by atoms with Gasteiger partial charge in [0, 0.05) is 6.42 Å². The van der Waals surface area contributed by atoms with Crippen molar-refractivity contribution < 1.29 is 4.79 Å². The molecule has 0 aliphatic heterocycles. The van der Waals surface area contributed by atoms with E-state index in [1.165, 1.54) is 18.4 Å². The summed E-state index contributed by atoms with van der Waals surface area (Å²) in [6.07, 6.45) is 7.29. The van der Waals surface area contributed by atoms with Crippen LogP contribution in [-0.4, -0.2) is 5.91 Å². The predicted molar refractivity (Wildman–Crippen MR) is 70.7 cm³/mol. The maximum Gasteiger partial charge on any atom is 0.228 e. The van der Waals surface area contributed by atoms with Crippen molar-refractivity contribution in [2.45, 2.75) is 32.1 Å². The summed E-state index contributed by atoms with van der Waals surface area (Å²) in [6, 6.07) is 7.33. The summed E-state index contributed by atoms with van der Waals surface area (Å²) in [5.41, 5.74) is 8.34. The van der Waals surface area contributed by atoms with Crippen LogP contribution in [0.25, 0.3) is 0 Å². The number of para-hydroxylation sites is 2. The van der Waals surface area contributed by atoms with Gasteiger partial charge in [0.15, 0.2) is 0 Å². The fraction of sp³-hybridized carbons (Fsp3) is 0.357. The molecular formula is C14H18N2O. The van der Waals surface area contributed by atoms with E-state index in [4.69, 9.17) is 5.73 Å². The molecule has 17 heavy (non-hydrogen) atoms. The van der Waals surface area contributed by atoms with Gasteiger partial charge in [-0.2, -0.15) is 0 Å². The van der Waals surface area contributed by atoms with Gasteiger partial charge in [0.2, 0.25) is 5.91 Å². The van der Waals surface area contributed by atoms with Crippen LogP contribution in [0.2, 0.25) is 0 Å². The van der Waals surface area contributed by atoms with Gasteiger partial charge in [0.1, 0.15) is 0 Å². The molecule has 0 aromatic heterocycles. The average Bonchev–Trinajstić information content (AvgIpc) is 2.33. The molecule has 90 valence electrons. The number of nitrogen functional groups attached to an aromatic ring is 1. The van der Waals surface area contributed by atoms with Crippen molar-refractivity contribution >= 4 is 17.3 Å². The molecule has 3 N–H and O–H groups in total. The minimum absolute atomic E-state index is 0.0241. The Kier molecular flexibility index (Phi) is 3.81. The van der Waals surface area contributed by atoms with Gasteiger partial charge in [-0.15, -0.1) is 0 Å². The van der Waals surface area contributed by atoms with Crippen LogP contribution in [0.3, 0.4) is 0 Å². The smallest absolute Gasteiger partial charge is 0.228 e. The van der Waals surface area contributed by atoms with Gasteiger partial charge < -0.3 is 11.1 Å². The molecule has 1 aliphatic carbocycles. The standard InChI is InChI=1S/C14H18N2O/c15-12-8-4-5-9-13(12)16-14(17)10-11-6-2-1-3-7-11/h4-6,8-9H,1-3,7,10,15H2,(H,16,17). The van der Waals surface area contributed by atoms with Gasteiger partial charge in [0.25, 0.3) is 0 Å². The molecule has 1 amide bonds. The van der Waals surface area contributed by atoms with Crippen molar-refractivity contribution in [2.75, 3.05) is 11.1 Å². The minimum atomic E-state index is 0.0241. The molecule has 0 radical (unpaired) electrons. The van der Waals surface area contributed by atoms with Crippen molar-refractivity contribution in [2.24, 2.45) is 0 Å². The van der Waals surface area contributed by atoms with Gasteiger partial charge in [0.05, 0.1) is 11.4 Å². The molecule has 0 unspecified atom stereocenters. The third-order valence-corrected chi connectivity index (χ3v) is 3.01. The van der Waals surface area contributed by atoms with E-state index in [-0.39, 0.29) is 5.91 Å². The molecule has 0 heterocycles. The number of carbonyl (C=O) groups is 1. The number of carbonyl (C=O) groups excluding carboxylic acids is 1. The molecule has 3 heteroatoms. The predicted octanol–water partition coefficient (Wildman–Crippen LogP) is 3.10. The number of hydrogen-bond acceptors (Lipinski definition) is 2. The number of rotatable bonds is 3. The Morgan fingerprint density at radius 1 is 1.29 bits per heavy atom. The molecule has 3 nitrogen and oxygen atoms in total. The molecule has 1 aromatic rings. The zero-order valence-electron chi connectivity index (χ0n) is 9.91. The summed E-state index contributed by atoms with van der Waals surface area (Å²) in [5.74, 6) is 0.0241. The van der Waals surface area contributed by atoms with Crippen LogP contribution in [0.4, 0.5) is 11.4 Å². The van der Waals surface area contributed by atoms with Gasteiger partial charge >= 0.3 is 0 Å². The second-order valence-electron chi connectivity index (χ2n) is 4.42. The van der Waals surface area contributed by atoms with E-state index in [2.05, 4.69) is 11.4 Å². The van der Waals surface area contributed by atoms with E-state index in [1.807, 2.05) is 18.2 Å². The number of benzene rings is 1. The van der Waals surface area contributed by atoms with E-state index < -0.39 is 0 Å². The number of nitrogens with two attached hydrogens (primary N) is 1. The molecule has 0 bridgehead atoms. The number of hydrogen-bond donors (Lipinski definition) is 2. The van der Waals surface area contributed by atoms with Crippen LogP contribution in [0.5, 0.6) is 0 Å². The zero-order chi connectivity index (χ0) is 12.1. The molecule has 0 atom stereocenters. The number of allylic oxidation sites excluding steroid dienone is 1. The number of nitrogens with one attached hydrogen (secondary N) is 1. The Balaban J connectivity index is 1.93. The molecule has 1 aromatic carbocycles. The Hall–Kier alpha value is -1.77. The summed E-state index contributed by atoms with van der Waals surface area (Å²) < 4.78 is 0. The monoisotopic (exact) mass is 230 g/mol. The average molecular weight is 230 g/mol. The Morgan fingerprint density at radius 3 is 2.82 bits per heavy atom. The molecule has 0 saturated heterocycles. The molecule has 0 saturated carbocycles.